The summed E-state index contributed by atoms with van der Waals surface area (Å²) in [6.45, 7) is 0.207. The number of halogens is 1. The molecule has 0 aliphatic heterocycles. The maximum Gasteiger partial charge on any atom is 0.261 e. The van der Waals surface area contributed by atoms with Crippen molar-refractivity contribution in [3.05, 3.63) is 47.6 Å². The molecule has 25 heavy (non-hydrogen) atoms. The highest BCUT2D eigenvalue weighted by Crippen LogP contribution is 2.20. The molecule has 1 aromatic carbocycles. The van der Waals surface area contributed by atoms with E-state index in [0.717, 1.165) is 5.56 Å². The lowest BCUT2D eigenvalue weighted by molar-refractivity contribution is 0.415. The molecule has 0 fully saturated rings. The second-order valence-corrected chi connectivity index (χ2v) is 7.90. The molecule has 0 bridgehead atoms. The van der Waals surface area contributed by atoms with Gasteiger partial charge in [0.2, 0.25) is 0 Å². The average Bonchev–Trinajstić information content (AvgIpc) is 3.22. The molecule has 0 saturated heterocycles. The molecule has 3 rings (SSSR count). The Morgan fingerprint density at radius 1 is 1.28 bits per heavy atom. The highest BCUT2D eigenvalue weighted by Gasteiger charge is 2.23. The van der Waals surface area contributed by atoms with Gasteiger partial charge in [-0.05, 0) is 24.3 Å². The molecule has 0 aliphatic rings. The van der Waals surface area contributed by atoms with Gasteiger partial charge in [-0.3, -0.25) is 0 Å². The Kier molecular flexibility index (Phi) is 4.89. The van der Waals surface area contributed by atoms with Crippen LogP contribution in [0.3, 0.4) is 0 Å². The van der Waals surface area contributed by atoms with Crippen LogP contribution < -0.4 is 0 Å². The van der Waals surface area contributed by atoms with E-state index < -0.39 is 10.0 Å². The third-order valence-electron chi connectivity index (χ3n) is 3.57. The number of hydrogen-bond acceptors (Lipinski definition) is 6. The molecule has 0 spiro atoms. The number of likely N-dealkylation sites (N-methyl/N-ethyl adjacent to an activating group) is 1. The van der Waals surface area contributed by atoms with Crippen LogP contribution in [-0.4, -0.2) is 46.0 Å². The van der Waals surface area contributed by atoms with Crippen LogP contribution in [0, 0.1) is 0 Å². The first-order valence-corrected chi connectivity index (χ1v) is 9.21. The van der Waals surface area contributed by atoms with Crippen molar-refractivity contribution in [2.24, 2.45) is 7.05 Å². The zero-order valence-electron chi connectivity index (χ0n) is 13.6. The first kappa shape index (κ1) is 17.6. The number of aryl methyl sites for hydroxylation is 1. The van der Waals surface area contributed by atoms with Crippen LogP contribution >= 0.6 is 11.6 Å². The number of nitrogens with zero attached hydrogens (tertiary/aromatic N) is 5. The van der Waals surface area contributed by atoms with Crippen LogP contribution in [0.2, 0.25) is 5.02 Å². The quantitative estimate of drug-likeness (QED) is 0.648. The van der Waals surface area contributed by atoms with E-state index >= 15 is 0 Å². The summed E-state index contributed by atoms with van der Waals surface area (Å²) in [6, 6.07) is 7.01. The molecular formula is C15H16ClN5O3S. The molecule has 0 atom stereocenters. The van der Waals surface area contributed by atoms with Gasteiger partial charge in [0.15, 0.2) is 10.9 Å². The SMILES string of the molecule is CN(CCc1noc(-c2ccc(Cl)cc2)n1)S(=O)(=O)c1cn(C)cn1. The number of aromatic nitrogens is 4. The van der Waals surface area contributed by atoms with E-state index in [9.17, 15) is 8.42 Å². The number of imidazole rings is 1. The highest BCUT2D eigenvalue weighted by molar-refractivity contribution is 7.89. The minimum absolute atomic E-state index is 0.00691. The van der Waals surface area contributed by atoms with E-state index in [0.29, 0.717) is 23.2 Å². The number of benzene rings is 1. The van der Waals surface area contributed by atoms with Gasteiger partial charge in [0.25, 0.3) is 15.9 Å². The first-order chi connectivity index (χ1) is 11.9. The standard InChI is InChI=1S/C15H16ClN5O3S/c1-20-9-14(17-10-20)25(22,23)21(2)8-7-13-18-15(24-19-13)11-3-5-12(16)6-4-11/h3-6,9-10H,7-8H2,1-2H3. The molecule has 2 aromatic heterocycles. The molecule has 0 amide bonds. The van der Waals surface area contributed by atoms with Crippen molar-refractivity contribution < 1.29 is 12.9 Å². The monoisotopic (exact) mass is 381 g/mol. The summed E-state index contributed by atoms with van der Waals surface area (Å²) in [4.78, 5) is 8.17. The average molecular weight is 382 g/mol. The molecule has 3 aromatic rings. The Balaban J connectivity index is 1.66. The van der Waals surface area contributed by atoms with E-state index in [1.807, 2.05) is 0 Å². The fraction of sp³-hybridized carbons (Fsp3) is 0.267. The molecule has 8 nitrogen and oxygen atoms in total. The Bertz CT molecular complexity index is 965. The maximum atomic E-state index is 12.4. The van der Waals surface area contributed by atoms with Gasteiger partial charge in [-0.2, -0.15) is 9.29 Å². The summed E-state index contributed by atoms with van der Waals surface area (Å²) in [6.07, 6.45) is 3.22. The minimum atomic E-state index is -3.64. The molecule has 10 heteroatoms. The van der Waals surface area contributed by atoms with Crippen LogP contribution in [0.15, 0.2) is 46.3 Å². The van der Waals surface area contributed by atoms with Gasteiger partial charge in [0.05, 0.1) is 6.33 Å². The summed E-state index contributed by atoms with van der Waals surface area (Å²) < 4.78 is 32.8. The van der Waals surface area contributed by atoms with Crippen molar-refractivity contribution in [3.8, 4) is 11.5 Å². The third kappa shape index (κ3) is 3.89. The van der Waals surface area contributed by atoms with Gasteiger partial charge in [-0.15, -0.1) is 0 Å². The van der Waals surface area contributed by atoms with Crippen molar-refractivity contribution >= 4 is 21.6 Å². The van der Waals surface area contributed by atoms with Gasteiger partial charge in [-0.1, -0.05) is 16.8 Å². The molecule has 0 saturated carbocycles. The summed E-state index contributed by atoms with van der Waals surface area (Å²) in [5.74, 6) is 0.787. The predicted molar refractivity (Wildman–Crippen MR) is 91.5 cm³/mol. The molecule has 0 aliphatic carbocycles. The lowest BCUT2D eigenvalue weighted by Gasteiger charge is -2.14. The molecule has 132 valence electrons. The van der Waals surface area contributed by atoms with Gasteiger partial charge >= 0.3 is 0 Å². The van der Waals surface area contributed by atoms with Crippen LogP contribution in [0.1, 0.15) is 5.82 Å². The van der Waals surface area contributed by atoms with Gasteiger partial charge in [0.1, 0.15) is 0 Å². The Morgan fingerprint density at radius 2 is 2.00 bits per heavy atom. The molecule has 0 unspecified atom stereocenters. The topological polar surface area (TPSA) is 94.1 Å². The summed E-state index contributed by atoms with van der Waals surface area (Å²) in [5.41, 5.74) is 0.748. The number of rotatable bonds is 6. The molecule has 0 radical (unpaired) electrons. The predicted octanol–water partition coefficient (Wildman–Crippen LogP) is 1.99. The lowest BCUT2D eigenvalue weighted by atomic mass is 10.2. The van der Waals surface area contributed by atoms with Gasteiger partial charge in [0, 0.05) is 43.8 Å². The highest BCUT2D eigenvalue weighted by atomic mass is 35.5. The van der Waals surface area contributed by atoms with Crippen molar-refractivity contribution in [3.63, 3.8) is 0 Å². The van der Waals surface area contributed by atoms with Crippen molar-refractivity contribution in [2.75, 3.05) is 13.6 Å². The summed E-state index contributed by atoms with van der Waals surface area (Å²) in [5, 5.41) is 4.51. The van der Waals surface area contributed by atoms with E-state index in [4.69, 9.17) is 16.1 Å². The smallest absolute Gasteiger partial charge is 0.261 e. The van der Waals surface area contributed by atoms with Crippen LogP contribution in [0.25, 0.3) is 11.5 Å². The van der Waals surface area contributed by atoms with Crippen molar-refractivity contribution in [1.29, 1.82) is 0 Å². The normalized spacial score (nSPS) is 12.0. The minimum Gasteiger partial charge on any atom is -0.339 e. The van der Waals surface area contributed by atoms with E-state index in [1.54, 1.807) is 35.9 Å². The fourth-order valence-corrected chi connectivity index (χ4v) is 3.38. The van der Waals surface area contributed by atoms with E-state index in [2.05, 4.69) is 15.1 Å². The zero-order valence-corrected chi connectivity index (χ0v) is 15.2. The van der Waals surface area contributed by atoms with Gasteiger partial charge in [-0.25, -0.2) is 13.4 Å². The third-order valence-corrected chi connectivity index (χ3v) is 5.56. The van der Waals surface area contributed by atoms with Gasteiger partial charge < -0.3 is 9.09 Å². The molecule has 2 heterocycles. The Labute approximate surface area is 150 Å². The molecular weight excluding hydrogens is 366 g/mol. The summed E-state index contributed by atoms with van der Waals surface area (Å²) >= 11 is 5.85. The number of hydrogen-bond donors (Lipinski definition) is 0. The van der Waals surface area contributed by atoms with E-state index in [-0.39, 0.29) is 11.6 Å². The van der Waals surface area contributed by atoms with Crippen molar-refractivity contribution in [2.45, 2.75) is 11.4 Å². The van der Waals surface area contributed by atoms with Crippen LogP contribution in [0.4, 0.5) is 0 Å². The van der Waals surface area contributed by atoms with Crippen LogP contribution in [-0.2, 0) is 23.5 Å². The second kappa shape index (κ2) is 6.95. The Hall–Kier alpha value is -2.23. The largest absolute Gasteiger partial charge is 0.339 e. The second-order valence-electron chi connectivity index (χ2n) is 5.48. The molecule has 0 N–H and O–H groups in total. The van der Waals surface area contributed by atoms with E-state index in [1.165, 1.54) is 23.9 Å². The lowest BCUT2D eigenvalue weighted by Crippen LogP contribution is -2.29. The van der Waals surface area contributed by atoms with Crippen molar-refractivity contribution in [1.82, 2.24) is 24.0 Å². The zero-order chi connectivity index (χ0) is 18.0. The number of sulfonamides is 1. The first-order valence-electron chi connectivity index (χ1n) is 7.39. The maximum absolute atomic E-state index is 12.4. The summed E-state index contributed by atoms with van der Waals surface area (Å²) in [7, 11) is -0.436. The fourth-order valence-electron chi connectivity index (χ4n) is 2.12. The Morgan fingerprint density at radius 3 is 2.64 bits per heavy atom. The van der Waals surface area contributed by atoms with Crippen LogP contribution in [0.5, 0.6) is 0 Å².